The lowest BCUT2D eigenvalue weighted by atomic mass is 10.1. The predicted molar refractivity (Wildman–Crippen MR) is 95.7 cm³/mol. The van der Waals surface area contributed by atoms with Crippen molar-refractivity contribution in [2.75, 3.05) is 11.9 Å². The van der Waals surface area contributed by atoms with Crippen molar-refractivity contribution in [3.63, 3.8) is 0 Å². The molecule has 1 saturated heterocycles. The maximum absolute atomic E-state index is 12.3. The van der Waals surface area contributed by atoms with Crippen molar-refractivity contribution in [3.8, 4) is 0 Å². The van der Waals surface area contributed by atoms with Crippen LogP contribution in [0.3, 0.4) is 0 Å². The van der Waals surface area contributed by atoms with Gasteiger partial charge in [0.1, 0.15) is 11.9 Å². The number of nitrogens with zero attached hydrogens (tertiary/aromatic N) is 2. The normalized spacial score (nSPS) is 17.0. The van der Waals surface area contributed by atoms with E-state index < -0.39 is 12.1 Å². The molecule has 2 aromatic rings. The van der Waals surface area contributed by atoms with Crippen LogP contribution in [0.2, 0.25) is 5.02 Å². The molecule has 25 heavy (non-hydrogen) atoms. The molecule has 132 valence electrons. The number of aromatic nitrogens is 2. The molecule has 1 aliphatic rings. The van der Waals surface area contributed by atoms with Gasteiger partial charge in [-0.3, -0.25) is 10.1 Å². The highest BCUT2D eigenvalue weighted by atomic mass is 35.5. The summed E-state index contributed by atoms with van der Waals surface area (Å²) in [5.41, 5.74) is 1.86. The van der Waals surface area contributed by atoms with Gasteiger partial charge in [0.25, 0.3) is 0 Å². The van der Waals surface area contributed by atoms with Gasteiger partial charge in [-0.15, -0.1) is 0 Å². The Bertz CT molecular complexity index is 772. The lowest BCUT2D eigenvalue weighted by Crippen LogP contribution is -2.51. The number of amides is 3. The van der Waals surface area contributed by atoms with Gasteiger partial charge in [-0.25, -0.2) is 9.48 Å². The second-order valence-corrected chi connectivity index (χ2v) is 6.48. The van der Waals surface area contributed by atoms with Gasteiger partial charge in [0.05, 0.1) is 12.7 Å². The van der Waals surface area contributed by atoms with Gasteiger partial charge >= 0.3 is 6.03 Å². The first-order valence-corrected chi connectivity index (χ1v) is 8.53. The SMILES string of the molecule is Cc1cnn(Cc2ccc(Cl)cc2)c1NC(=O)N[C@@H]1CCCNC1=O. The largest absolute Gasteiger partial charge is 0.354 e. The number of piperidine rings is 1. The van der Waals surface area contributed by atoms with E-state index >= 15 is 0 Å². The Hall–Kier alpha value is -2.54. The fraction of sp³-hybridized carbons (Fsp3) is 0.353. The summed E-state index contributed by atoms with van der Waals surface area (Å²) in [5, 5.41) is 13.2. The summed E-state index contributed by atoms with van der Waals surface area (Å²) in [7, 11) is 0. The first kappa shape index (κ1) is 17.3. The van der Waals surface area contributed by atoms with Crippen molar-refractivity contribution >= 4 is 29.4 Å². The zero-order chi connectivity index (χ0) is 17.8. The van der Waals surface area contributed by atoms with Crippen molar-refractivity contribution in [3.05, 3.63) is 46.6 Å². The highest BCUT2D eigenvalue weighted by Crippen LogP contribution is 2.17. The molecular weight excluding hydrogens is 342 g/mol. The van der Waals surface area contributed by atoms with E-state index in [1.54, 1.807) is 10.9 Å². The van der Waals surface area contributed by atoms with Gasteiger partial charge < -0.3 is 10.6 Å². The van der Waals surface area contributed by atoms with Crippen LogP contribution in [0.4, 0.5) is 10.6 Å². The molecule has 1 aliphatic heterocycles. The fourth-order valence-corrected chi connectivity index (χ4v) is 2.86. The van der Waals surface area contributed by atoms with Crippen LogP contribution in [0.1, 0.15) is 24.0 Å². The third kappa shape index (κ3) is 4.30. The van der Waals surface area contributed by atoms with Crippen LogP contribution in [0.15, 0.2) is 30.5 Å². The molecule has 0 radical (unpaired) electrons. The van der Waals surface area contributed by atoms with E-state index in [2.05, 4.69) is 21.0 Å². The Morgan fingerprint density at radius 1 is 1.40 bits per heavy atom. The van der Waals surface area contributed by atoms with Gasteiger partial charge in [0.2, 0.25) is 5.91 Å². The van der Waals surface area contributed by atoms with E-state index in [4.69, 9.17) is 11.6 Å². The number of nitrogens with one attached hydrogen (secondary N) is 3. The maximum atomic E-state index is 12.3. The van der Waals surface area contributed by atoms with Crippen molar-refractivity contribution in [1.82, 2.24) is 20.4 Å². The second-order valence-electron chi connectivity index (χ2n) is 6.04. The van der Waals surface area contributed by atoms with Crippen molar-refractivity contribution in [2.45, 2.75) is 32.4 Å². The molecule has 0 unspecified atom stereocenters. The average molecular weight is 362 g/mol. The van der Waals surface area contributed by atoms with E-state index in [0.29, 0.717) is 30.4 Å². The van der Waals surface area contributed by atoms with Gasteiger partial charge in [0.15, 0.2) is 0 Å². The topological polar surface area (TPSA) is 88.1 Å². The summed E-state index contributed by atoms with van der Waals surface area (Å²) in [6.45, 7) is 3.03. The minimum Gasteiger partial charge on any atom is -0.354 e. The molecule has 0 spiro atoms. The minimum absolute atomic E-state index is 0.146. The van der Waals surface area contributed by atoms with Crippen LogP contribution >= 0.6 is 11.6 Å². The molecule has 0 aliphatic carbocycles. The minimum atomic E-state index is -0.498. The molecule has 0 bridgehead atoms. The molecule has 3 rings (SSSR count). The maximum Gasteiger partial charge on any atom is 0.321 e. The van der Waals surface area contributed by atoms with E-state index in [-0.39, 0.29) is 5.91 Å². The first-order valence-electron chi connectivity index (χ1n) is 8.15. The van der Waals surface area contributed by atoms with Gasteiger partial charge in [-0.2, -0.15) is 5.10 Å². The van der Waals surface area contributed by atoms with Crippen molar-refractivity contribution in [2.24, 2.45) is 0 Å². The molecule has 2 heterocycles. The van der Waals surface area contributed by atoms with E-state index in [1.807, 2.05) is 31.2 Å². The number of urea groups is 1. The summed E-state index contributed by atoms with van der Waals surface area (Å²) < 4.78 is 1.71. The molecule has 3 N–H and O–H groups in total. The van der Waals surface area contributed by atoms with Crippen LogP contribution in [-0.2, 0) is 11.3 Å². The van der Waals surface area contributed by atoms with Crippen LogP contribution in [0.5, 0.6) is 0 Å². The number of benzene rings is 1. The third-order valence-electron chi connectivity index (χ3n) is 4.09. The monoisotopic (exact) mass is 361 g/mol. The van der Waals surface area contributed by atoms with E-state index in [0.717, 1.165) is 17.5 Å². The molecule has 1 atom stereocenters. The smallest absolute Gasteiger partial charge is 0.321 e. The molecule has 0 saturated carbocycles. The number of aryl methyl sites for hydroxylation is 1. The van der Waals surface area contributed by atoms with E-state index in [9.17, 15) is 9.59 Å². The molecule has 1 aromatic heterocycles. The third-order valence-corrected chi connectivity index (χ3v) is 4.34. The summed E-state index contributed by atoms with van der Waals surface area (Å²) in [4.78, 5) is 24.0. The molecular formula is C17H20ClN5O2. The number of carbonyl (C=O) groups excluding carboxylic acids is 2. The van der Waals surface area contributed by atoms with Crippen LogP contribution in [0.25, 0.3) is 0 Å². The van der Waals surface area contributed by atoms with Gasteiger partial charge in [0, 0.05) is 17.1 Å². The van der Waals surface area contributed by atoms with Gasteiger partial charge in [-0.05, 0) is 37.5 Å². The number of carbonyl (C=O) groups is 2. The zero-order valence-electron chi connectivity index (χ0n) is 13.9. The highest BCUT2D eigenvalue weighted by Gasteiger charge is 2.24. The quantitative estimate of drug-likeness (QED) is 0.780. The van der Waals surface area contributed by atoms with Gasteiger partial charge in [-0.1, -0.05) is 23.7 Å². The molecule has 7 nitrogen and oxygen atoms in total. The Morgan fingerprint density at radius 2 is 2.16 bits per heavy atom. The lowest BCUT2D eigenvalue weighted by Gasteiger charge is -2.23. The average Bonchev–Trinajstić information content (AvgIpc) is 2.92. The van der Waals surface area contributed by atoms with Crippen LogP contribution < -0.4 is 16.0 Å². The molecule has 8 heteroatoms. The Labute approximate surface area is 150 Å². The number of halogens is 1. The number of hydrogen-bond acceptors (Lipinski definition) is 3. The predicted octanol–water partition coefficient (Wildman–Crippen LogP) is 2.29. The lowest BCUT2D eigenvalue weighted by molar-refractivity contribution is -0.124. The second kappa shape index (κ2) is 7.57. The fourth-order valence-electron chi connectivity index (χ4n) is 2.74. The number of rotatable bonds is 4. The number of hydrogen-bond donors (Lipinski definition) is 3. The van der Waals surface area contributed by atoms with Crippen LogP contribution in [-0.4, -0.2) is 34.3 Å². The molecule has 1 fully saturated rings. The van der Waals surface area contributed by atoms with Crippen LogP contribution in [0, 0.1) is 6.92 Å². The highest BCUT2D eigenvalue weighted by molar-refractivity contribution is 6.30. The Morgan fingerprint density at radius 3 is 2.88 bits per heavy atom. The molecule has 1 aromatic carbocycles. The molecule has 3 amide bonds. The van der Waals surface area contributed by atoms with Crippen molar-refractivity contribution < 1.29 is 9.59 Å². The van der Waals surface area contributed by atoms with E-state index in [1.165, 1.54) is 0 Å². The summed E-state index contributed by atoms with van der Waals surface area (Å²) >= 11 is 5.90. The Balaban J connectivity index is 1.67. The first-order chi connectivity index (χ1) is 12.0. The number of anilines is 1. The van der Waals surface area contributed by atoms with Crippen molar-refractivity contribution in [1.29, 1.82) is 0 Å². The Kier molecular flexibility index (Phi) is 5.23. The summed E-state index contributed by atoms with van der Waals surface area (Å²) in [6.07, 6.45) is 3.19. The zero-order valence-corrected chi connectivity index (χ0v) is 14.6. The standard InChI is InChI=1S/C17H20ClN5O2/c1-11-9-20-23(10-12-4-6-13(18)7-5-12)15(11)22-17(25)21-14-3-2-8-19-16(14)24/h4-7,9,14H,2-3,8,10H2,1H3,(H,19,24)(H2,21,22,25)/t14-/m1/s1. The summed E-state index contributed by atoms with van der Waals surface area (Å²) in [6, 6.07) is 6.54. The summed E-state index contributed by atoms with van der Waals surface area (Å²) in [5.74, 6) is 0.455.